The zero-order valence-corrected chi connectivity index (χ0v) is 24.4. The number of carbonyl (C=O) groups excluding carboxylic acids is 1. The molecule has 3 N–H and O–H groups in total. The minimum absolute atomic E-state index is 0.00331. The molecular weight excluding hydrogens is 524 g/mol. The third kappa shape index (κ3) is 5.26. The Labute approximate surface area is 235 Å². The Morgan fingerprint density at radius 1 is 1.02 bits per heavy atom. The van der Waals surface area contributed by atoms with E-state index in [2.05, 4.69) is 45.0 Å². The first-order valence-corrected chi connectivity index (χ1v) is 14.6. The molecule has 208 valence electrons. The average molecular weight is 559 g/mol. The van der Waals surface area contributed by atoms with Crippen LogP contribution in [0.4, 0.5) is 5.69 Å². The third-order valence-electron chi connectivity index (χ3n) is 7.16. The lowest BCUT2D eigenvalue weighted by molar-refractivity contribution is 0.102. The number of nitrogens with two attached hydrogens (primary N) is 1. The van der Waals surface area contributed by atoms with Crippen molar-refractivity contribution in [2.75, 3.05) is 11.9 Å². The summed E-state index contributed by atoms with van der Waals surface area (Å²) < 4.78 is 31.2. The first-order valence-electron chi connectivity index (χ1n) is 13.1. The number of carbonyl (C=O) groups is 1. The number of nitrogens with zero attached hydrogens (tertiary/aromatic N) is 2. The summed E-state index contributed by atoms with van der Waals surface area (Å²) in [4.78, 5) is 13.6. The molecule has 0 fully saturated rings. The molecule has 0 bridgehead atoms. The van der Waals surface area contributed by atoms with E-state index in [4.69, 9.17) is 9.88 Å². The van der Waals surface area contributed by atoms with Crippen molar-refractivity contribution in [3.05, 3.63) is 89.1 Å². The van der Waals surface area contributed by atoms with E-state index in [0.717, 1.165) is 28.0 Å². The van der Waals surface area contributed by atoms with E-state index in [1.54, 1.807) is 22.9 Å². The second-order valence-electron chi connectivity index (χ2n) is 12.0. The summed E-state index contributed by atoms with van der Waals surface area (Å²) in [6.07, 6.45) is 0. The van der Waals surface area contributed by atoms with E-state index in [1.165, 1.54) is 12.1 Å². The van der Waals surface area contributed by atoms with Gasteiger partial charge in [-0.15, -0.1) is 0 Å². The van der Waals surface area contributed by atoms with E-state index in [0.29, 0.717) is 23.7 Å². The molecule has 8 nitrogen and oxygen atoms in total. The average Bonchev–Trinajstić information content (AvgIpc) is 3.45. The number of rotatable bonds is 5. The molecule has 0 atom stereocenters. The number of nitrogens with one attached hydrogen (secondary N) is 1. The zero-order valence-electron chi connectivity index (χ0n) is 23.6. The van der Waals surface area contributed by atoms with Gasteiger partial charge in [-0.1, -0.05) is 64.4 Å². The van der Waals surface area contributed by atoms with Crippen LogP contribution >= 0.6 is 0 Å². The van der Waals surface area contributed by atoms with Crippen LogP contribution in [-0.2, 0) is 20.9 Å². The Hall–Kier alpha value is -3.95. The number of primary sulfonamides is 1. The Kier molecular flexibility index (Phi) is 6.63. The summed E-state index contributed by atoms with van der Waals surface area (Å²) in [5, 5.41) is 13.0. The highest BCUT2D eigenvalue weighted by Crippen LogP contribution is 2.46. The lowest BCUT2D eigenvalue weighted by Gasteiger charge is -2.24. The van der Waals surface area contributed by atoms with Crippen LogP contribution in [0.3, 0.4) is 0 Å². The van der Waals surface area contributed by atoms with Gasteiger partial charge < -0.3 is 10.1 Å². The summed E-state index contributed by atoms with van der Waals surface area (Å²) >= 11 is 0. The summed E-state index contributed by atoms with van der Waals surface area (Å²) in [6, 6.07) is 19.7. The second-order valence-corrected chi connectivity index (χ2v) is 13.6. The molecule has 4 aromatic rings. The van der Waals surface area contributed by atoms with Gasteiger partial charge in [0.2, 0.25) is 10.0 Å². The van der Waals surface area contributed by atoms with Crippen LogP contribution in [0.2, 0.25) is 0 Å². The normalized spacial score (nSPS) is 14.5. The molecule has 2 heterocycles. The van der Waals surface area contributed by atoms with Crippen LogP contribution in [0.15, 0.2) is 71.6 Å². The standard InChI is InChI=1S/C31H34N4O4S/c1-19-7-9-20(10-8-19)27-17-26(34-35(27)22-11-13-23(14-12-22)40(32,37)38)29(36)33-21-15-24(30(2,3)4)28-25(16-21)31(5,6)18-39-28/h7-17H,18H2,1-6H3,(H,33,36)(H2,32,37,38). The van der Waals surface area contributed by atoms with Crippen molar-refractivity contribution in [2.45, 2.75) is 57.3 Å². The lowest BCUT2D eigenvalue weighted by Crippen LogP contribution is -2.19. The Morgan fingerprint density at radius 3 is 2.27 bits per heavy atom. The van der Waals surface area contributed by atoms with Crippen LogP contribution in [0, 0.1) is 6.92 Å². The lowest BCUT2D eigenvalue weighted by atomic mass is 9.80. The van der Waals surface area contributed by atoms with Gasteiger partial charge in [-0.25, -0.2) is 18.2 Å². The Balaban J connectivity index is 1.56. The molecular formula is C31H34N4O4S. The Bertz CT molecular complexity index is 1710. The Morgan fingerprint density at radius 2 is 1.68 bits per heavy atom. The zero-order chi connectivity index (χ0) is 29.0. The molecule has 1 aliphatic rings. The fourth-order valence-corrected chi connectivity index (χ4v) is 5.35. The van der Waals surface area contributed by atoms with Crippen LogP contribution in [-0.4, -0.2) is 30.7 Å². The van der Waals surface area contributed by atoms with Crippen molar-refractivity contribution in [3.8, 4) is 22.7 Å². The molecule has 3 aromatic carbocycles. The minimum Gasteiger partial charge on any atom is -0.492 e. The van der Waals surface area contributed by atoms with Crippen molar-refractivity contribution in [3.63, 3.8) is 0 Å². The summed E-state index contributed by atoms with van der Waals surface area (Å²) in [5.41, 5.74) is 5.87. The molecule has 0 spiro atoms. The number of hydrogen-bond acceptors (Lipinski definition) is 5. The third-order valence-corrected chi connectivity index (χ3v) is 8.09. The molecule has 0 saturated heterocycles. The number of aryl methyl sites for hydroxylation is 1. The minimum atomic E-state index is -3.84. The van der Waals surface area contributed by atoms with Crippen molar-refractivity contribution < 1.29 is 17.9 Å². The maximum absolute atomic E-state index is 13.6. The second kappa shape index (κ2) is 9.60. The van der Waals surface area contributed by atoms with E-state index in [9.17, 15) is 13.2 Å². The van der Waals surface area contributed by atoms with Gasteiger partial charge >= 0.3 is 0 Å². The predicted octanol–water partition coefficient (Wildman–Crippen LogP) is 5.71. The van der Waals surface area contributed by atoms with Crippen molar-refractivity contribution in [1.29, 1.82) is 0 Å². The first kappa shape index (κ1) is 27.6. The summed E-state index contributed by atoms with van der Waals surface area (Å²) in [7, 11) is -3.84. The first-order chi connectivity index (χ1) is 18.6. The van der Waals surface area contributed by atoms with Gasteiger partial charge in [0, 0.05) is 27.8 Å². The van der Waals surface area contributed by atoms with Gasteiger partial charge in [-0.3, -0.25) is 4.79 Å². The SMILES string of the molecule is Cc1ccc(-c2cc(C(=O)Nc3cc(C(C)(C)C)c4c(c3)C(C)(C)CO4)nn2-c2ccc(S(N)(=O)=O)cc2)cc1. The molecule has 40 heavy (non-hydrogen) atoms. The molecule has 0 radical (unpaired) electrons. The van der Waals surface area contributed by atoms with Crippen molar-refractivity contribution >= 4 is 21.6 Å². The maximum Gasteiger partial charge on any atom is 0.276 e. The molecule has 1 aromatic heterocycles. The smallest absolute Gasteiger partial charge is 0.276 e. The predicted molar refractivity (Wildman–Crippen MR) is 157 cm³/mol. The topological polar surface area (TPSA) is 116 Å². The van der Waals surface area contributed by atoms with Crippen LogP contribution in [0.5, 0.6) is 5.75 Å². The van der Waals surface area contributed by atoms with E-state index >= 15 is 0 Å². The monoisotopic (exact) mass is 558 g/mol. The fraction of sp³-hybridized carbons (Fsp3) is 0.290. The summed E-state index contributed by atoms with van der Waals surface area (Å²) in [5.74, 6) is 0.536. The van der Waals surface area contributed by atoms with Crippen LogP contribution in [0.25, 0.3) is 16.9 Å². The molecule has 1 amide bonds. The molecule has 0 saturated carbocycles. The molecule has 5 rings (SSSR count). The number of ether oxygens (including phenoxy) is 1. The maximum atomic E-state index is 13.6. The fourth-order valence-electron chi connectivity index (χ4n) is 4.84. The van der Waals surface area contributed by atoms with Gasteiger partial charge in [0.05, 0.1) is 22.9 Å². The number of hydrogen-bond donors (Lipinski definition) is 2. The number of fused-ring (bicyclic) bond motifs is 1. The molecule has 0 aliphatic carbocycles. The number of anilines is 1. The number of benzene rings is 3. The number of sulfonamides is 1. The highest BCUT2D eigenvalue weighted by Gasteiger charge is 2.36. The van der Waals surface area contributed by atoms with Gasteiger partial charge in [0.25, 0.3) is 5.91 Å². The molecule has 0 unspecified atom stereocenters. The van der Waals surface area contributed by atoms with E-state index < -0.39 is 10.0 Å². The number of aromatic nitrogens is 2. The summed E-state index contributed by atoms with van der Waals surface area (Å²) in [6.45, 7) is 13.2. The van der Waals surface area contributed by atoms with Gasteiger partial charge in [0.1, 0.15) is 5.75 Å². The van der Waals surface area contributed by atoms with Gasteiger partial charge in [0.15, 0.2) is 5.69 Å². The van der Waals surface area contributed by atoms with Gasteiger partial charge in [-0.05, 0) is 54.8 Å². The number of amides is 1. The largest absolute Gasteiger partial charge is 0.492 e. The highest BCUT2D eigenvalue weighted by molar-refractivity contribution is 7.89. The highest BCUT2D eigenvalue weighted by atomic mass is 32.2. The van der Waals surface area contributed by atoms with Crippen LogP contribution in [0.1, 0.15) is 61.8 Å². The van der Waals surface area contributed by atoms with Gasteiger partial charge in [-0.2, -0.15) is 5.10 Å². The van der Waals surface area contributed by atoms with E-state index in [1.807, 2.05) is 43.3 Å². The quantitative estimate of drug-likeness (QED) is 0.325. The van der Waals surface area contributed by atoms with Crippen LogP contribution < -0.4 is 15.2 Å². The van der Waals surface area contributed by atoms with Crippen molar-refractivity contribution in [1.82, 2.24) is 9.78 Å². The molecule has 9 heteroatoms. The van der Waals surface area contributed by atoms with Crippen molar-refractivity contribution in [2.24, 2.45) is 5.14 Å². The van der Waals surface area contributed by atoms with E-state index in [-0.39, 0.29) is 27.3 Å². The molecule has 1 aliphatic heterocycles.